The number of rotatable bonds is 4. The topological polar surface area (TPSA) is 72.7 Å². The molecule has 1 heterocycles. The lowest BCUT2D eigenvalue weighted by Gasteiger charge is -2.12. The molecular formula is C18H13F2N3OS. The Morgan fingerprint density at radius 2 is 2.04 bits per heavy atom. The first-order valence-electron chi connectivity index (χ1n) is 7.39. The van der Waals surface area contributed by atoms with Crippen LogP contribution in [0.4, 0.5) is 8.78 Å². The number of aliphatic hydroxyl groups is 1. The molecule has 0 aliphatic carbocycles. The van der Waals surface area contributed by atoms with Crippen LogP contribution >= 0.6 is 11.8 Å². The number of nitrogens with one attached hydrogen (secondary N) is 1. The summed E-state index contributed by atoms with van der Waals surface area (Å²) in [6.07, 6.45) is 0. The Balaban J connectivity index is 1.95. The Hall–Kier alpha value is -2.85. The third kappa shape index (κ3) is 3.49. The zero-order valence-electron chi connectivity index (χ0n) is 13.1. The van der Waals surface area contributed by atoms with Crippen molar-refractivity contribution in [3.63, 3.8) is 0 Å². The largest absolute Gasteiger partial charge is 0.510 e. The van der Waals surface area contributed by atoms with Gasteiger partial charge in [0.25, 0.3) is 0 Å². The number of aromatic nitrogens is 2. The van der Waals surface area contributed by atoms with Crippen LogP contribution in [0.5, 0.6) is 0 Å². The molecule has 0 fully saturated rings. The highest BCUT2D eigenvalue weighted by Gasteiger charge is 2.20. The number of aromatic amines is 1. The maximum absolute atomic E-state index is 13.8. The first-order valence-corrected chi connectivity index (χ1v) is 8.27. The Labute approximate surface area is 146 Å². The number of H-pyrrole nitrogens is 1. The number of nitriles is 1. The molecule has 25 heavy (non-hydrogen) atoms. The van der Waals surface area contributed by atoms with E-state index in [4.69, 9.17) is 0 Å². The average Bonchev–Trinajstić information content (AvgIpc) is 3.02. The van der Waals surface area contributed by atoms with Crippen molar-refractivity contribution >= 4 is 28.4 Å². The number of benzene rings is 2. The van der Waals surface area contributed by atoms with Crippen LogP contribution in [0.1, 0.15) is 12.7 Å². The molecule has 3 rings (SSSR count). The summed E-state index contributed by atoms with van der Waals surface area (Å²) in [6.45, 7) is 1.60. The smallest absolute Gasteiger partial charge is 0.152 e. The minimum Gasteiger partial charge on any atom is -0.510 e. The average molecular weight is 357 g/mol. The fourth-order valence-corrected chi connectivity index (χ4v) is 3.29. The van der Waals surface area contributed by atoms with Gasteiger partial charge in [-0.3, -0.25) is 0 Å². The van der Waals surface area contributed by atoms with E-state index in [1.54, 1.807) is 19.1 Å². The van der Waals surface area contributed by atoms with Crippen LogP contribution in [0, 0.1) is 23.0 Å². The molecule has 4 nitrogen and oxygen atoms in total. The van der Waals surface area contributed by atoms with E-state index in [0.29, 0.717) is 5.52 Å². The van der Waals surface area contributed by atoms with Crippen molar-refractivity contribution in [2.24, 2.45) is 0 Å². The van der Waals surface area contributed by atoms with E-state index in [9.17, 15) is 19.1 Å². The minimum absolute atomic E-state index is 0.0342. The molecule has 0 aliphatic heterocycles. The molecule has 0 saturated heterocycles. The number of hydrogen-bond donors (Lipinski definition) is 2. The number of allylic oxidation sites excluding steroid dienone is 1. The van der Waals surface area contributed by atoms with Crippen molar-refractivity contribution in [3.8, 4) is 6.07 Å². The lowest BCUT2D eigenvalue weighted by molar-refractivity contribution is 0.401. The molecule has 0 unspecified atom stereocenters. The molecule has 0 saturated carbocycles. The highest BCUT2D eigenvalue weighted by atomic mass is 32.2. The summed E-state index contributed by atoms with van der Waals surface area (Å²) in [6, 6.07) is 12.2. The molecule has 0 amide bonds. The first-order chi connectivity index (χ1) is 12.0. The molecule has 126 valence electrons. The molecule has 0 radical (unpaired) electrons. The van der Waals surface area contributed by atoms with E-state index >= 15 is 0 Å². The van der Waals surface area contributed by atoms with E-state index < -0.39 is 16.9 Å². The van der Waals surface area contributed by atoms with Gasteiger partial charge in [0.2, 0.25) is 0 Å². The molecular weight excluding hydrogens is 344 g/mol. The van der Waals surface area contributed by atoms with Crippen LogP contribution in [0.15, 0.2) is 53.1 Å². The maximum Gasteiger partial charge on any atom is 0.152 e. The van der Waals surface area contributed by atoms with Crippen molar-refractivity contribution in [2.75, 3.05) is 0 Å². The van der Waals surface area contributed by atoms with Gasteiger partial charge in [0.15, 0.2) is 5.82 Å². The summed E-state index contributed by atoms with van der Waals surface area (Å²) in [5.41, 5.74) is 1.36. The van der Waals surface area contributed by atoms with E-state index in [1.165, 1.54) is 0 Å². The maximum atomic E-state index is 13.8. The van der Waals surface area contributed by atoms with Crippen LogP contribution in [-0.4, -0.2) is 20.3 Å². The summed E-state index contributed by atoms with van der Waals surface area (Å²) in [5, 5.41) is 19.2. The van der Waals surface area contributed by atoms with Crippen molar-refractivity contribution in [1.29, 1.82) is 5.26 Å². The molecule has 0 bridgehead atoms. The molecule has 3 aromatic rings. The molecule has 2 N–H and O–H groups in total. The number of halogens is 2. The quantitative estimate of drug-likeness (QED) is 0.399. The lowest BCUT2D eigenvalue weighted by atomic mass is 10.2. The van der Waals surface area contributed by atoms with Crippen molar-refractivity contribution in [1.82, 2.24) is 9.97 Å². The Morgan fingerprint density at radius 3 is 2.76 bits per heavy atom. The van der Waals surface area contributed by atoms with Gasteiger partial charge >= 0.3 is 0 Å². The molecule has 2 aromatic carbocycles. The number of nitrogens with zero attached hydrogens (tertiary/aromatic N) is 2. The highest BCUT2D eigenvalue weighted by molar-refractivity contribution is 8.00. The summed E-state index contributed by atoms with van der Waals surface area (Å²) < 4.78 is 27.1. The Kier molecular flexibility index (Phi) is 4.72. The SMILES string of the molecule is C[C@H](Sc1cc(F)ccc1F)/C(O)=C(\C#N)c1nc2ccccc2[nH]1. The monoisotopic (exact) mass is 357 g/mol. The summed E-state index contributed by atoms with van der Waals surface area (Å²) in [4.78, 5) is 7.32. The second-order valence-corrected chi connectivity index (χ2v) is 6.69. The Bertz CT molecular complexity index is 974. The molecule has 0 aliphatic rings. The Morgan fingerprint density at radius 1 is 1.28 bits per heavy atom. The zero-order chi connectivity index (χ0) is 18.0. The fraction of sp³-hybridized carbons (Fsp3) is 0.111. The van der Waals surface area contributed by atoms with E-state index in [-0.39, 0.29) is 22.1 Å². The van der Waals surface area contributed by atoms with Crippen LogP contribution in [0.2, 0.25) is 0 Å². The molecule has 1 aromatic heterocycles. The molecule has 7 heteroatoms. The summed E-state index contributed by atoms with van der Waals surface area (Å²) >= 11 is 0.922. The molecule has 1 atom stereocenters. The van der Waals surface area contributed by atoms with Gasteiger partial charge in [-0.25, -0.2) is 13.8 Å². The number of thioether (sulfide) groups is 1. The first kappa shape index (κ1) is 17.0. The van der Waals surface area contributed by atoms with Crippen LogP contribution < -0.4 is 0 Å². The van der Waals surface area contributed by atoms with Gasteiger partial charge in [-0.15, -0.1) is 11.8 Å². The predicted molar refractivity (Wildman–Crippen MR) is 92.9 cm³/mol. The third-order valence-electron chi connectivity index (χ3n) is 3.58. The normalized spacial score (nSPS) is 13.4. The van der Waals surface area contributed by atoms with Gasteiger partial charge in [0.05, 0.1) is 16.3 Å². The van der Waals surface area contributed by atoms with Gasteiger partial charge < -0.3 is 10.1 Å². The van der Waals surface area contributed by atoms with Gasteiger partial charge in [-0.2, -0.15) is 5.26 Å². The van der Waals surface area contributed by atoms with E-state index in [2.05, 4.69) is 9.97 Å². The number of fused-ring (bicyclic) bond motifs is 1. The van der Waals surface area contributed by atoms with Crippen molar-refractivity contribution in [2.45, 2.75) is 17.1 Å². The van der Waals surface area contributed by atoms with Crippen LogP contribution in [0.3, 0.4) is 0 Å². The standard InChI is InChI=1S/C18H13F2N3OS/c1-10(25-16-8-11(19)6-7-13(16)20)17(24)12(9-21)18-22-14-4-2-3-5-15(14)23-18/h2-8,10,24H,1H3,(H,22,23)/b17-12-/t10-/m0/s1. The van der Waals surface area contributed by atoms with E-state index in [0.717, 1.165) is 35.5 Å². The lowest BCUT2D eigenvalue weighted by Crippen LogP contribution is -2.05. The summed E-state index contributed by atoms with van der Waals surface area (Å²) in [7, 11) is 0. The van der Waals surface area contributed by atoms with Crippen molar-refractivity contribution < 1.29 is 13.9 Å². The predicted octanol–water partition coefficient (Wildman–Crippen LogP) is 4.81. The van der Waals surface area contributed by atoms with Crippen LogP contribution in [0.25, 0.3) is 16.6 Å². The highest BCUT2D eigenvalue weighted by Crippen LogP contribution is 2.32. The van der Waals surface area contributed by atoms with Gasteiger partial charge in [-0.05, 0) is 37.3 Å². The molecule has 0 spiro atoms. The second kappa shape index (κ2) is 6.95. The van der Waals surface area contributed by atoms with Gasteiger partial charge in [0.1, 0.15) is 29.0 Å². The van der Waals surface area contributed by atoms with Gasteiger partial charge in [-0.1, -0.05) is 12.1 Å². The number of imidazole rings is 1. The van der Waals surface area contributed by atoms with Crippen molar-refractivity contribution in [3.05, 3.63) is 65.7 Å². The zero-order valence-corrected chi connectivity index (χ0v) is 13.9. The van der Waals surface area contributed by atoms with Gasteiger partial charge in [0, 0.05) is 4.90 Å². The fourth-order valence-electron chi connectivity index (χ4n) is 2.32. The number of aliphatic hydroxyl groups excluding tert-OH is 1. The van der Waals surface area contributed by atoms with E-state index in [1.807, 2.05) is 18.2 Å². The van der Waals surface area contributed by atoms with Crippen LogP contribution in [-0.2, 0) is 0 Å². The number of hydrogen-bond acceptors (Lipinski definition) is 4. The number of para-hydroxylation sites is 2. The minimum atomic E-state index is -0.667. The third-order valence-corrected chi connectivity index (χ3v) is 4.72. The second-order valence-electron chi connectivity index (χ2n) is 5.31. The summed E-state index contributed by atoms with van der Waals surface area (Å²) in [5.74, 6) is -1.19.